The largest absolute Gasteiger partial charge is 0.465 e. The molecule has 1 saturated carbocycles. The normalized spacial score (nSPS) is 15.3. The Hall–Kier alpha value is -1.11. The van der Waals surface area contributed by atoms with Crippen LogP contribution in [0.4, 0.5) is 4.79 Å². The van der Waals surface area contributed by atoms with Gasteiger partial charge in [-0.2, -0.15) is 9.90 Å². The van der Waals surface area contributed by atoms with E-state index in [0.29, 0.717) is 16.3 Å². The van der Waals surface area contributed by atoms with E-state index in [1.54, 1.807) is 4.80 Å². The molecule has 15 heavy (non-hydrogen) atoms. The lowest BCUT2D eigenvalue weighted by Crippen LogP contribution is -2.24. The van der Waals surface area contributed by atoms with E-state index < -0.39 is 6.09 Å². The molecule has 7 heteroatoms. The maximum absolute atomic E-state index is 10.6. The molecule has 1 aliphatic rings. The molecule has 0 unspecified atom stereocenters. The molecule has 0 bridgehead atoms. The van der Waals surface area contributed by atoms with E-state index in [1.165, 1.54) is 11.9 Å². The zero-order valence-electron chi connectivity index (χ0n) is 8.22. The van der Waals surface area contributed by atoms with Gasteiger partial charge in [0.15, 0.2) is 4.60 Å². The fourth-order valence-electron chi connectivity index (χ4n) is 1.19. The van der Waals surface area contributed by atoms with Crippen molar-refractivity contribution in [3.05, 3.63) is 10.3 Å². The summed E-state index contributed by atoms with van der Waals surface area (Å²) in [5, 5.41) is 17.2. The van der Waals surface area contributed by atoms with Gasteiger partial charge in [0, 0.05) is 7.05 Å². The first-order chi connectivity index (χ1) is 7.08. The lowest BCUT2D eigenvalue weighted by molar-refractivity contribution is 0.153. The van der Waals surface area contributed by atoms with Crippen LogP contribution in [0.3, 0.4) is 0 Å². The number of nitrogens with zero attached hydrogens (tertiary/aromatic N) is 4. The van der Waals surface area contributed by atoms with Crippen LogP contribution in [-0.2, 0) is 6.54 Å². The Morgan fingerprint density at radius 3 is 2.87 bits per heavy atom. The average molecular weight is 275 g/mol. The third-order valence-corrected chi connectivity index (χ3v) is 2.85. The van der Waals surface area contributed by atoms with Gasteiger partial charge in [-0.15, -0.1) is 5.10 Å². The summed E-state index contributed by atoms with van der Waals surface area (Å²) >= 11 is 3.28. The van der Waals surface area contributed by atoms with Crippen LogP contribution in [0.15, 0.2) is 4.60 Å². The van der Waals surface area contributed by atoms with E-state index in [1.807, 2.05) is 0 Å². The summed E-state index contributed by atoms with van der Waals surface area (Å²) in [5.41, 5.74) is 0.659. The van der Waals surface area contributed by atoms with E-state index in [-0.39, 0.29) is 6.54 Å². The Balaban J connectivity index is 2.10. The molecule has 1 N–H and O–H groups in total. The van der Waals surface area contributed by atoms with Crippen LogP contribution in [0.5, 0.6) is 0 Å². The van der Waals surface area contributed by atoms with Crippen molar-refractivity contribution >= 4 is 22.0 Å². The van der Waals surface area contributed by atoms with Gasteiger partial charge >= 0.3 is 6.09 Å². The second kappa shape index (κ2) is 3.80. The quantitative estimate of drug-likeness (QED) is 0.907. The standard InChI is InChI=1S/C8H11BrN4O2/c1-12(8(14)15)4-6-7(9)11-13(10-6)5-2-3-5/h5H,2-4H2,1H3,(H,14,15). The fourth-order valence-corrected chi connectivity index (χ4v) is 1.56. The van der Waals surface area contributed by atoms with Crippen LogP contribution in [0.1, 0.15) is 24.6 Å². The van der Waals surface area contributed by atoms with E-state index >= 15 is 0 Å². The molecule has 1 aromatic rings. The highest BCUT2D eigenvalue weighted by molar-refractivity contribution is 9.10. The lowest BCUT2D eigenvalue weighted by atomic mass is 10.4. The van der Waals surface area contributed by atoms with Crippen LogP contribution >= 0.6 is 15.9 Å². The minimum absolute atomic E-state index is 0.253. The molecule has 1 aliphatic carbocycles. The van der Waals surface area contributed by atoms with Gasteiger partial charge in [-0.05, 0) is 28.8 Å². The van der Waals surface area contributed by atoms with Gasteiger partial charge in [0.25, 0.3) is 0 Å². The van der Waals surface area contributed by atoms with Gasteiger partial charge in [-0.3, -0.25) is 0 Å². The van der Waals surface area contributed by atoms with Crippen LogP contribution in [0.25, 0.3) is 0 Å². The molecule has 0 aliphatic heterocycles. The smallest absolute Gasteiger partial charge is 0.407 e. The van der Waals surface area contributed by atoms with Crippen LogP contribution in [-0.4, -0.2) is 38.1 Å². The average Bonchev–Trinajstić information content (AvgIpc) is 2.93. The first-order valence-electron chi connectivity index (χ1n) is 4.63. The third-order valence-electron chi connectivity index (χ3n) is 2.24. The summed E-state index contributed by atoms with van der Waals surface area (Å²) < 4.78 is 0.627. The highest BCUT2D eigenvalue weighted by Crippen LogP contribution is 2.34. The van der Waals surface area contributed by atoms with E-state index in [0.717, 1.165) is 12.8 Å². The van der Waals surface area contributed by atoms with Gasteiger partial charge < -0.3 is 10.0 Å². The second-order valence-electron chi connectivity index (χ2n) is 3.63. The number of hydrogen-bond donors (Lipinski definition) is 1. The molecule has 0 spiro atoms. The fraction of sp³-hybridized carbons (Fsp3) is 0.625. The topological polar surface area (TPSA) is 71.2 Å². The van der Waals surface area contributed by atoms with E-state index in [2.05, 4.69) is 26.1 Å². The Morgan fingerprint density at radius 1 is 1.67 bits per heavy atom. The van der Waals surface area contributed by atoms with Gasteiger partial charge in [0.1, 0.15) is 5.69 Å². The maximum atomic E-state index is 10.6. The summed E-state index contributed by atoms with van der Waals surface area (Å²) in [6, 6.07) is 0.408. The van der Waals surface area contributed by atoms with E-state index in [4.69, 9.17) is 5.11 Å². The molecule has 1 aromatic heterocycles. The van der Waals surface area contributed by atoms with Gasteiger partial charge in [0.05, 0.1) is 12.6 Å². The number of carboxylic acid groups (broad SMARTS) is 1. The predicted octanol–water partition coefficient (Wildman–Crippen LogP) is 1.49. The molecule has 0 atom stereocenters. The van der Waals surface area contributed by atoms with Crippen molar-refractivity contribution in [3.8, 4) is 0 Å². The molecule has 1 amide bonds. The van der Waals surface area contributed by atoms with Crippen molar-refractivity contribution in [2.45, 2.75) is 25.4 Å². The van der Waals surface area contributed by atoms with Crippen LogP contribution < -0.4 is 0 Å². The number of halogens is 1. The summed E-state index contributed by atoms with van der Waals surface area (Å²) in [6.45, 7) is 0.253. The van der Waals surface area contributed by atoms with Gasteiger partial charge in [0.2, 0.25) is 0 Å². The number of aromatic nitrogens is 3. The molecule has 0 aromatic carbocycles. The number of hydrogen-bond acceptors (Lipinski definition) is 3. The first-order valence-corrected chi connectivity index (χ1v) is 5.42. The van der Waals surface area contributed by atoms with Crippen LogP contribution in [0.2, 0.25) is 0 Å². The monoisotopic (exact) mass is 274 g/mol. The molecule has 1 fully saturated rings. The second-order valence-corrected chi connectivity index (χ2v) is 4.38. The SMILES string of the molecule is CN(Cc1nn(C2CC2)nc1Br)C(=O)O. The molecular weight excluding hydrogens is 264 g/mol. The zero-order chi connectivity index (χ0) is 11.0. The highest BCUT2D eigenvalue weighted by atomic mass is 79.9. The van der Waals surface area contributed by atoms with Crippen LogP contribution in [0, 0.1) is 0 Å². The Labute approximate surface area is 95.0 Å². The molecule has 0 radical (unpaired) electrons. The van der Waals surface area contributed by atoms with Crippen molar-refractivity contribution in [2.24, 2.45) is 0 Å². The molecule has 2 rings (SSSR count). The first kappa shape index (κ1) is 10.4. The summed E-state index contributed by atoms with van der Waals surface area (Å²) in [7, 11) is 1.50. The highest BCUT2D eigenvalue weighted by Gasteiger charge is 2.27. The molecule has 0 saturated heterocycles. The maximum Gasteiger partial charge on any atom is 0.407 e. The zero-order valence-corrected chi connectivity index (χ0v) is 9.81. The number of rotatable bonds is 3. The van der Waals surface area contributed by atoms with E-state index in [9.17, 15) is 4.79 Å². The summed E-state index contributed by atoms with van der Waals surface area (Å²) in [5.74, 6) is 0. The molecular formula is C8H11BrN4O2. The number of carbonyl (C=O) groups is 1. The molecule has 6 nitrogen and oxygen atoms in total. The van der Waals surface area contributed by atoms with Gasteiger partial charge in [-0.1, -0.05) is 0 Å². The lowest BCUT2D eigenvalue weighted by Gasteiger charge is -2.09. The molecule has 1 heterocycles. The Morgan fingerprint density at radius 2 is 2.33 bits per heavy atom. The summed E-state index contributed by atoms with van der Waals surface area (Å²) in [4.78, 5) is 13.5. The van der Waals surface area contributed by atoms with Crippen molar-refractivity contribution in [1.82, 2.24) is 19.9 Å². The van der Waals surface area contributed by atoms with Crippen molar-refractivity contribution < 1.29 is 9.90 Å². The Bertz CT molecular complexity index is 388. The minimum atomic E-state index is -0.970. The van der Waals surface area contributed by atoms with Crippen molar-refractivity contribution in [2.75, 3.05) is 7.05 Å². The summed E-state index contributed by atoms with van der Waals surface area (Å²) in [6.07, 6.45) is 1.24. The molecule has 82 valence electrons. The minimum Gasteiger partial charge on any atom is -0.465 e. The number of amides is 1. The van der Waals surface area contributed by atoms with Gasteiger partial charge in [-0.25, -0.2) is 4.79 Å². The predicted molar refractivity (Wildman–Crippen MR) is 55.5 cm³/mol. The van der Waals surface area contributed by atoms with Crippen molar-refractivity contribution in [1.29, 1.82) is 0 Å². The Kier molecular flexibility index (Phi) is 2.64. The third kappa shape index (κ3) is 2.28. The van der Waals surface area contributed by atoms with Crippen molar-refractivity contribution in [3.63, 3.8) is 0 Å².